The van der Waals surface area contributed by atoms with Crippen LogP contribution in [0.25, 0.3) is 73.7 Å². The predicted octanol–water partition coefficient (Wildman–Crippen LogP) is 14.9. The zero-order chi connectivity index (χ0) is 33.7. The van der Waals surface area contributed by atoms with E-state index in [0.29, 0.717) is 0 Å². The summed E-state index contributed by atoms with van der Waals surface area (Å²) in [6.07, 6.45) is 0. The highest BCUT2D eigenvalue weighted by molar-refractivity contribution is 7.26. The Balaban J connectivity index is 1.10. The van der Waals surface area contributed by atoms with Gasteiger partial charge in [-0.25, -0.2) is 0 Å². The summed E-state index contributed by atoms with van der Waals surface area (Å²) < 4.78 is 5.27. The van der Waals surface area contributed by atoms with Gasteiger partial charge in [0.25, 0.3) is 0 Å². The maximum Gasteiger partial charge on any atom is 0.0476 e. The molecule has 0 spiro atoms. The van der Waals surface area contributed by atoms with E-state index in [1.54, 1.807) is 0 Å². The lowest BCUT2D eigenvalue weighted by atomic mass is 9.93. The average Bonchev–Trinajstić information content (AvgIpc) is 3.77. The predicted molar refractivity (Wildman–Crippen MR) is 223 cm³/mol. The first-order valence-electron chi connectivity index (χ1n) is 17.3. The minimum atomic E-state index is 1.12. The van der Waals surface area contributed by atoms with Gasteiger partial charge in [-0.15, -0.1) is 22.7 Å². The number of hydrogen-bond acceptors (Lipinski definition) is 3. The maximum absolute atomic E-state index is 2.39. The van der Waals surface area contributed by atoms with Gasteiger partial charge in [-0.1, -0.05) is 140 Å². The lowest BCUT2D eigenvalue weighted by Crippen LogP contribution is -2.10. The Morgan fingerprint density at radius 3 is 1.69 bits per heavy atom. The van der Waals surface area contributed by atoms with Crippen LogP contribution < -0.4 is 4.90 Å². The second kappa shape index (κ2) is 12.4. The number of nitrogens with zero attached hydrogens (tertiary/aromatic N) is 1. The van der Waals surface area contributed by atoms with Crippen molar-refractivity contribution in [3.05, 3.63) is 188 Å². The lowest BCUT2D eigenvalue weighted by molar-refractivity contribution is 1.29. The number of anilines is 3. The van der Waals surface area contributed by atoms with Crippen LogP contribution in [-0.4, -0.2) is 0 Å². The van der Waals surface area contributed by atoms with Crippen LogP contribution in [0.2, 0.25) is 0 Å². The van der Waals surface area contributed by atoms with E-state index < -0.39 is 0 Å². The molecule has 240 valence electrons. The van der Waals surface area contributed by atoms with Gasteiger partial charge in [-0.05, 0) is 76.3 Å². The zero-order valence-corrected chi connectivity index (χ0v) is 29.3. The van der Waals surface area contributed by atoms with Crippen LogP contribution in [0.5, 0.6) is 0 Å². The fourth-order valence-corrected chi connectivity index (χ4v) is 9.84. The first-order chi connectivity index (χ1) is 25.3. The van der Waals surface area contributed by atoms with Gasteiger partial charge in [-0.2, -0.15) is 0 Å². The molecule has 0 N–H and O–H groups in total. The Kier molecular flexibility index (Phi) is 7.26. The molecule has 8 aromatic carbocycles. The van der Waals surface area contributed by atoms with E-state index in [1.165, 1.54) is 73.7 Å². The van der Waals surface area contributed by atoms with Crippen molar-refractivity contribution >= 4 is 80.1 Å². The Hall–Kier alpha value is -6.00. The minimum Gasteiger partial charge on any atom is -0.310 e. The average molecular weight is 686 g/mol. The van der Waals surface area contributed by atoms with Crippen LogP contribution in [0.15, 0.2) is 188 Å². The summed E-state index contributed by atoms with van der Waals surface area (Å²) in [6, 6.07) is 68.6. The standard InChI is InChI=1S/C48H31NS2/c1-2-12-32(13-3-1)34-14-10-15-36(30-34)49(37-28-29-42-40-18-6-8-22-45(40)50-47(42)31-37)35-26-24-33(25-27-35)38-16-4-5-17-39(38)43-20-11-21-44-41-19-7-9-23-46(41)51-48(43)44/h1-31H. The van der Waals surface area contributed by atoms with E-state index in [9.17, 15) is 0 Å². The Labute approximate surface area is 304 Å². The number of benzene rings is 8. The monoisotopic (exact) mass is 685 g/mol. The summed E-state index contributed by atoms with van der Waals surface area (Å²) >= 11 is 3.74. The molecule has 0 unspecified atom stereocenters. The van der Waals surface area contributed by atoms with Crippen LogP contribution in [0.4, 0.5) is 17.1 Å². The highest BCUT2D eigenvalue weighted by Crippen LogP contribution is 2.44. The second-order valence-electron chi connectivity index (χ2n) is 12.9. The van der Waals surface area contributed by atoms with E-state index in [-0.39, 0.29) is 0 Å². The van der Waals surface area contributed by atoms with E-state index in [2.05, 4.69) is 193 Å². The van der Waals surface area contributed by atoms with E-state index >= 15 is 0 Å². The summed E-state index contributed by atoms with van der Waals surface area (Å²) in [5.74, 6) is 0. The minimum absolute atomic E-state index is 1.12. The Morgan fingerprint density at radius 1 is 0.294 bits per heavy atom. The SMILES string of the molecule is c1ccc(-c2cccc(N(c3ccc(-c4ccccc4-c4cccc5c4sc4ccccc45)cc3)c3ccc4c(c3)sc3ccccc34)c2)cc1. The molecule has 0 aliphatic carbocycles. The molecule has 10 rings (SSSR count). The number of fused-ring (bicyclic) bond motifs is 6. The lowest BCUT2D eigenvalue weighted by Gasteiger charge is -2.26. The fourth-order valence-electron chi connectivity index (χ4n) is 7.48. The van der Waals surface area contributed by atoms with Crippen molar-refractivity contribution < 1.29 is 0 Å². The van der Waals surface area contributed by atoms with E-state index in [0.717, 1.165) is 17.1 Å². The van der Waals surface area contributed by atoms with Crippen molar-refractivity contribution in [2.24, 2.45) is 0 Å². The van der Waals surface area contributed by atoms with Crippen LogP contribution in [-0.2, 0) is 0 Å². The molecule has 0 amide bonds. The van der Waals surface area contributed by atoms with Crippen LogP contribution in [0.1, 0.15) is 0 Å². The van der Waals surface area contributed by atoms with E-state index in [4.69, 9.17) is 0 Å². The van der Waals surface area contributed by atoms with Crippen molar-refractivity contribution in [3.63, 3.8) is 0 Å². The Bertz CT molecular complexity index is 2860. The molecule has 0 saturated heterocycles. The van der Waals surface area contributed by atoms with Gasteiger partial charge in [0.05, 0.1) is 0 Å². The van der Waals surface area contributed by atoms with Gasteiger partial charge in [0.15, 0.2) is 0 Å². The third kappa shape index (κ3) is 5.21. The molecule has 1 nitrogen and oxygen atoms in total. The third-order valence-corrected chi connectivity index (χ3v) is 12.2. The highest BCUT2D eigenvalue weighted by atomic mass is 32.1. The number of thiophene rings is 2. The summed E-state index contributed by atoms with van der Waals surface area (Å²) in [7, 11) is 0. The van der Waals surface area contributed by atoms with Gasteiger partial charge in [0.2, 0.25) is 0 Å². The van der Waals surface area contributed by atoms with Crippen molar-refractivity contribution in [1.29, 1.82) is 0 Å². The summed E-state index contributed by atoms with van der Waals surface area (Å²) in [6.45, 7) is 0. The van der Waals surface area contributed by atoms with E-state index in [1.807, 2.05) is 22.7 Å². The zero-order valence-electron chi connectivity index (χ0n) is 27.7. The first kappa shape index (κ1) is 29.9. The van der Waals surface area contributed by atoms with Crippen molar-refractivity contribution in [3.8, 4) is 33.4 Å². The molecule has 10 aromatic rings. The fraction of sp³-hybridized carbons (Fsp3) is 0. The molecule has 0 bridgehead atoms. The second-order valence-corrected chi connectivity index (χ2v) is 15.0. The van der Waals surface area contributed by atoms with Crippen LogP contribution >= 0.6 is 22.7 Å². The quantitative estimate of drug-likeness (QED) is 0.168. The van der Waals surface area contributed by atoms with Crippen molar-refractivity contribution in [1.82, 2.24) is 0 Å². The molecule has 3 heteroatoms. The number of rotatable bonds is 6. The molecule has 0 atom stereocenters. The van der Waals surface area contributed by atoms with Gasteiger partial charge < -0.3 is 4.90 Å². The molecular formula is C48H31NS2. The van der Waals surface area contributed by atoms with Crippen molar-refractivity contribution in [2.45, 2.75) is 0 Å². The summed E-state index contributed by atoms with van der Waals surface area (Å²) in [4.78, 5) is 2.39. The van der Waals surface area contributed by atoms with Crippen molar-refractivity contribution in [2.75, 3.05) is 4.90 Å². The summed E-state index contributed by atoms with van der Waals surface area (Å²) in [5, 5.41) is 5.27. The molecule has 0 aliphatic rings. The molecular weight excluding hydrogens is 655 g/mol. The topological polar surface area (TPSA) is 3.24 Å². The summed E-state index contributed by atoms with van der Waals surface area (Å²) in [5.41, 5.74) is 10.8. The first-order valence-corrected chi connectivity index (χ1v) is 18.9. The smallest absolute Gasteiger partial charge is 0.0476 e. The Morgan fingerprint density at radius 2 is 0.863 bits per heavy atom. The van der Waals surface area contributed by atoms with Crippen LogP contribution in [0, 0.1) is 0 Å². The third-order valence-electron chi connectivity index (χ3n) is 9.89. The molecule has 2 heterocycles. The maximum atomic E-state index is 2.39. The highest BCUT2D eigenvalue weighted by Gasteiger charge is 2.18. The molecule has 0 aliphatic heterocycles. The van der Waals surface area contributed by atoms with Crippen LogP contribution in [0.3, 0.4) is 0 Å². The van der Waals surface area contributed by atoms with Gasteiger partial charge in [-0.3, -0.25) is 0 Å². The van der Waals surface area contributed by atoms with Gasteiger partial charge in [0, 0.05) is 63.0 Å². The normalized spacial score (nSPS) is 11.5. The number of hydrogen-bond donors (Lipinski definition) is 0. The molecule has 51 heavy (non-hydrogen) atoms. The molecule has 0 radical (unpaired) electrons. The van der Waals surface area contributed by atoms with Gasteiger partial charge >= 0.3 is 0 Å². The molecule has 2 aromatic heterocycles. The molecule has 0 saturated carbocycles. The molecule has 0 fully saturated rings. The van der Waals surface area contributed by atoms with Gasteiger partial charge in [0.1, 0.15) is 0 Å². The largest absolute Gasteiger partial charge is 0.310 e.